The van der Waals surface area contributed by atoms with Crippen LogP contribution < -0.4 is 26.0 Å². The molecule has 1 saturated carbocycles. The number of aryl methyl sites for hydroxylation is 1. The minimum atomic E-state index is -0.697. The second-order valence-corrected chi connectivity index (χ2v) is 15.5. The molecular weight excluding hydrogens is 733 g/mol. The summed E-state index contributed by atoms with van der Waals surface area (Å²) in [5, 5.41) is 24.7. The molecule has 11 nitrogen and oxygen atoms in total. The van der Waals surface area contributed by atoms with E-state index in [0.29, 0.717) is 72.0 Å². The summed E-state index contributed by atoms with van der Waals surface area (Å²) in [6.45, 7) is 3.85. The molecule has 0 radical (unpaired) electrons. The fourth-order valence-corrected chi connectivity index (χ4v) is 8.65. The average molecular weight is 775 g/mol. The van der Waals surface area contributed by atoms with Crippen molar-refractivity contribution in [2.75, 3.05) is 19.0 Å². The standard InChI is InChI=1S/C39H41Cl2N7O4S/c1-21-17-30(47-38(52-2)28(21)19-42-18-24-13-14-32(49)45-24)27-7-3-5-25(34(27)40)26-6-4-8-29(35(26)41)46-37-36-31(15-16-43-37)53-33(48-36)20-44-23-11-9-22(10-12-23)39(50)51/h3-8,15-17,22-24,42,44H,9-14,18-20H2,1-2H3,(H,43,46)(H,45,49)(H,50,51)/t22-,23+,24-/m0/s1. The van der Waals surface area contributed by atoms with E-state index >= 15 is 0 Å². The lowest BCUT2D eigenvalue weighted by Gasteiger charge is -2.26. The van der Waals surface area contributed by atoms with Crippen LogP contribution in [0.5, 0.6) is 5.88 Å². The van der Waals surface area contributed by atoms with E-state index < -0.39 is 5.97 Å². The molecule has 1 saturated heterocycles. The van der Waals surface area contributed by atoms with Crippen molar-refractivity contribution >= 4 is 68.1 Å². The van der Waals surface area contributed by atoms with Crippen molar-refractivity contribution in [3.63, 3.8) is 0 Å². The number of hydrogen-bond donors (Lipinski definition) is 5. The summed E-state index contributed by atoms with van der Waals surface area (Å²) in [6, 6.07) is 15.9. The molecule has 4 heterocycles. The molecule has 3 aromatic heterocycles. The van der Waals surface area contributed by atoms with Gasteiger partial charge in [-0.25, -0.2) is 15.0 Å². The number of anilines is 2. The summed E-state index contributed by atoms with van der Waals surface area (Å²) >= 11 is 15.9. The lowest BCUT2D eigenvalue weighted by atomic mass is 9.86. The van der Waals surface area contributed by atoms with Gasteiger partial charge in [-0.15, -0.1) is 11.3 Å². The highest BCUT2D eigenvalue weighted by Gasteiger charge is 2.26. The highest BCUT2D eigenvalue weighted by atomic mass is 35.5. The van der Waals surface area contributed by atoms with E-state index in [4.69, 9.17) is 37.9 Å². The maximum atomic E-state index is 11.6. The molecule has 1 amide bonds. The van der Waals surface area contributed by atoms with E-state index in [1.807, 2.05) is 55.5 Å². The molecule has 0 spiro atoms. The highest BCUT2D eigenvalue weighted by Crippen LogP contribution is 2.43. The van der Waals surface area contributed by atoms with Gasteiger partial charge in [-0.05, 0) is 62.8 Å². The number of pyridine rings is 2. The maximum absolute atomic E-state index is 11.6. The molecule has 0 bridgehead atoms. The van der Waals surface area contributed by atoms with Crippen molar-refractivity contribution in [1.82, 2.24) is 30.9 Å². The molecule has 2 fully saturated rings. The fraction of sp³-hybridized carbons (Fsp3) is 0.359. The summed E-state index contributed by atoms with van der Waals surface area (Å²) in [4.78, 5) is 37.3. The second-order valence-electron chi connectivity index (χ2n) is 13.6. The molecular formula is C39H41Cl2N7O4S. The Kier molecular flexibility index (Phi) is 11.4. The third kappa shape index (κ3) is 8.27. The number of nitrogens with one attached hydrogen (secondary N) is 4. The zero-order valence-corrected chi connectivity index (χ0v) is 31.8. The van der Waals surface area contributed by atoms with Gasteiger partial charge in [0.2, 0.25) is 11.8 Å². The van der Waals surface area contributed by atoms with Crippen LogP contribution in [0.1, 0.15) is 54.7 Å². The molecule has 1 aliphatic heterocycles. The van der Waals surface area contributed by atoms with E-state index in [0.717, 1.165) is 62.3 Å². The van der Waals surface area contributed by atoms with Gasteiger partial charge >= 0.3 is 5.97 Å². The minimum Gasteiger partial charge on any atom is -0.481 e. The molecule has 2 aromatic carbocycles. The predicted octanol–water partition coefficient (Wildman–Crippen LogP) is 7.89. The fourth-order valence-electron chi connectivity index (χ4n) is 7.14. The Morgan fingerprint density at radius 2 is 1.75 bits per heavy atom. The maximum Gasteiger partial charge on any atom is 0.306 e. The average Bonchev–Trinajstić information content (AvgIpc) is 3.78. The van der Waals surface area contributed by atoms with Crippen molar-refractivity contribution in [3.8, 4) is 28.3 Å². The number of carboxylic acid groups (broad SMARTS) is 1. The Hall–Kier alpha value is -4.33. The summed E-state index contributed by atoms with van der Waals surface area (Å²) < 4.78 is 6.73. The van der Waals surface area contributed by atoms with Crippen LogP contribution in [-0.2, 0) is 22.7 Å². The number of rotatable bonds is 13. The zero-order valence-electron chi connectivity index (χ0n) is 29.5. The Morgan fingerprint density at radius 3 is 2.49 bits per heavy atom. The normalized spacial score (nSPS) is 18.6. The number of aliphatic carboxylic acids is 1. The predicted molar refractivity (Wildman–Crippen MR) is 210 cm³/mol. The molecule has 2 aliphatic rings. The molecule has 276 valence electrons. The van der Waals surface area contributed by atoms with Crippen molar-refractivity contribution in [3.05, 3.63) is 80.9 Å². The van der Waals surface area contributed by atoms with E-state index in [1.54, 1.807) is 24.6 Å². The van der Waals surface area contributed by atoms with Crippen LogP contribution in [0.25, 0.3) is 32.6 Å². The first-order valence-electron chi connectivity index (χ1n) is 17.8. The van der Waals surface area contributed by atoms with E-state index in [2.05, 4.69) is 26.3 Å². The number of nitrogens with zero attached hydrogens (tertiary/aromatic N) is 3. The minimum absolute atomic E-state index is 0.0968. The summed E-state index contributed by atoms with van der Waals surface area (Å²) in [5.41, 5.74) is 6.31. The Bertz CT molecular complexity index is 2150. The van der Waals surface area contributed by atoms with E-state index in [-0.39, 0.29) is 23.9 Å². The number of aromatic nitrogens is 3. The third-order valence-electron chi connectivity index (χ3n) is 10.1. The number of benzene rings is 2. The van der Waals surface area contributed by atoms with Crippen molar-refractivity contribution in [2.24, 2.45) is 5.92 Å². The number of hydrogen-bond acceptors (Lipinski definition) is 10. The lowest BCUT2D eigenvalue weighted by Crippen LogP contribution is -2.35. The molecule has 5 aromatic rings. The van der Waals surface area contributed by atoms with Gasteiger partial charge in [-0.3, -0.25) is 9.59 Å². The van der Waals surface area contributed by atoms with Crippen LogP contribution in [-0.4, -0.2) is 57.7 Å². The van der Waals surface area contributed by atoms with Crippen LogP contribution in [0, 0.1) is 12.8 Å². The first kappa shape index (κ1) is 37.0. The van der Waals surface area contributed by atoms with Crippen LogP contribution in [0.15, 0.2) is 54.7 Å². The number of halogens is 2. The molecule has 0 unspecified atom stereocenters. The zero-order chi connectivity index (χ0) is 37.1. The van der Waals surface area contributed by atoms with Crippen LogP contribution >= 0.6 is 34.5 Å². The van der Waals surface area contributed by atoms with Crippen molar-refractivity contribution in [1.29, 1.82) is 0 Å². The Labute approximate surface area is 321 Å². The molecule has 7 rings (SSSR count). The Balaban J connectivity index is 1.08. The van der Waals surface area contributed by atoms with Gasteiger partial charge in [-0.2, -0.15) is 0 Å². The first-order valence-corrected chi connectivity index (χ1v) is 19.4. The number of amides is 1. The molecule has 1 aliphatic carbocycles. The van der Waals surface area contributed by atoms with Crippen LogP contribution in [0.3, 0.4) is 0 Å². The quantitative estimate of drug-likeness (QED) is 0.0800. The van der Waals surface area contributed by atoms with Gasteiger partial charge in [0.05, 0.1) is 39.2 Å². The largest absolute Gasteiger partial charge is 0.481 e. The number of carboxylic acids is 1. The topological polar surface area (TPSA) is 150 Å². The van der Waals surface area contributed by atoms with Gasteiger partial charge < -0.3 is 31.1 Å². The number of methoxy groups -OCH3 is 1. The monoisotopic (exact) mass is 773 g/mol. The van der Waals surface area contributed by atoms with Crippen molar-refractivity contribution in [2.45, 2.75) is 70.6 Å². The number of thiazole rings is 1. The molecule has 5 N–H and O–H groups in total. The van der Waals surface area contributed by atoms with E-state index in [1.165, 1.54) is 0 Å². The van der Waals surface area contributed by atoms with Gasteiger partial charge in [-0.1, -0.05) is 53.5 Å². The lowest BCUT2D eigenvalue weighted by molar-refractivity contribution is -0.142. The first-order chi connectivity index (χ1) is 25.7. The molecule has 1 atom stereocenters. The number of carbonyl (C=O) groups is 2. The highest BCUT2D eigenvalue weighted by molar-refractivity contribution is 7.18. The van der Waals surface area contributed by atoms with Crippen molar-refractivity contribution < 1.29 is 19.4 Å². The number of ether oxygens (including phenoxy) is 1. The third-order valence-corrected chi connectivity index (χ3v) is 11.9. The van der Waals surface area contributed by atoms with Gasteiger partial charge in [0.25, 0.3) is 0 Å². The van der Waals surface area contributed by atoms with Crippen LogP contribution in [0.2, 0.25) is 10.0 Å². The molecule has 53 heavy (non-hydrogen) atoms. The Morgan fingerprint density at radius 1 is 1.00 bits per heavy atom. The van der Waals surface area contributed by atoms with Gasteiger partial charge in [0.1, 0.15) is 10.5 Å². The summed E-state index contributed by atoms with van der Waals surface area (Å²) in [7, 11) is 1.61. The smallest absolute Gasteiger partial charge is 0.306 e. The van der Waals surface area contributed by atoms with Crippen LogP contribution in [0.4, 0.5) is 11.5 Å². The summed E-state index contributed by atoms with van der Waals surface area (Å²) in [6.07, 6.45) is 6.23. The second kappa shape index (κ2) is 16.4. The van der Waals surface area contributed by atoms with E-state index in [9.17, 15) is 14.7 Å². The molecule has 14 heteroatoms. The van der Waals surface area contributed by atoms with Gasteiger partial charge in [0, 0.05) is 66.6 Å². The van der Waals surface area contributed by atoms with Gasteiger partial charge in [0.15, 0.2) is 5.82 Å². The SMILES string of the molecule is COc1nc(-c2cccc(-c3cccc(Nc4nccc5sc(CN[C@H]6CC[C@@H](C(=O)O)CC6)nc45)c3Cl)c2Cl)cc(C)c1CNC[C@@H]1CCC(=O)N1. The number of fused-ring (bicyclic) bond motifs is 1. The number of carbonyl (C=O) groups excluding carboxylic acids is 1. The summed E-state index contributed by atoms with van der Waals surface area (Å²) in [5.74, 6) is 0.272.